The van der Waals surface area contributed by atoms with Crippen molar-refractivity contribution in [2.45, 2.75) is 13.8 Å². The van der Waals surface area contributed by atoms with Gasteiger partial charge in [-0.15, -0.1) is 0 Å². The van der Waals surface area contributed by atoms with Crippen LogP contribution in [0.4, 0.5) is 5.69 Å². The van der Waals surface area contributed by atoms with Crippen LogP contribution in [0.25, 0.3) is 11.3 Å². The first-order chi connectivity index (χ1) is 16.4. The van der Waals surface area contributed by atoms with Crippen LogP contribution in [0.2, 0.25) is 0 Å². The number of ether oxygens (including phenoxy) is 2. The van der Waals surface area contributed by atoms with E-state index >= 15 is 0 Å². The first kappa shape index (κ1) is 25.2. The van der Waals surface area contributed by atoms with Gasteiger partial charge in [0.2, 0.25) is 0 Å². The minimum Gasteiger partial charge on any atom is -0.397 e. The summed E-state index contributed by atoms with van der Waals surface area (Å²) in [5.74, 6) is 5.75. The first-order valence-corrected chi connectivity index (χ1v) is 11.1. The topological polar surface area (TPSA) is 146 Å². The molecule has 0 aliphatic carbocycles. The van der Waals surface area contributed by atoms with Crippen LogP contribution in [0.3, 0.4) is 0 Å². The molecular formula is C24H33N7O3. The summed E-state index contributed by atoms with van der Waals surface area (Å²) in [7, 11) is 0. The zero-order valence-electron chi connectivity index (χ0n) is 19.7. The third-order valence-corrected chi connectivity index (χ3v) is 5.09. The maximum atomic E-state index is 12.8. The zero-order chi connectivity index (χ0) is 24.5. The maximum Gasteiger partial charge on any atom is 0.259 e. The second-order valence-corrected chi connectivity index (χ2v) is 7.83. The van der Waals surface area contributed by atoms with Crippen LogP contribution in [0.1, 0.15) is 27.3 Å². The van der Waals surface area contributed by atoms with E-state index in [-0.39, 0.29) is 5.91 Å². The molecule has 3 rings (SSSR count). The lowest BCUT2D eigenvalue weighted by molar-refractivity contribution is 0.0452. The number of aryl methyl sites for hydroxylation is 2. The van der Waals surface area contributed by atoms with Gasteiger partial charge in [-0.2, -0.15) is 0 Å². The molecule has 0 bridgehead atoms. The van der Waals surface area contributed by atoms with Gasteiger partial charge in [0.1, 0.15) is 5.65 Å². The van der Waals surface area contributed by atoms with Gasteiger partial charge in [0, 0.05) is 36.0 Å². The summed E-state index contributed by atoms with van der Waals surface area (Å²) in [6.07, 6.45) is 3.49. The number of hydrogen-bond acceptors (Lipinski definition) is 8. The largest absolute Gasteiger partial charge is 0.397 e. The van der Waals surface area contributed by atoms with Crippen molar-refractivity contribution in [3.05, 3.63) is 71.3 Å². The number of nitrogens with one attached hydrogen (secondary N) is 1. The van der Waals surface area contributed by atoms with E-state index < -0.39 is 0 Å². The Bertz CT molecular complexity index is 1130. The number of hydrogen-bond donors (Lipinski definition) is 4. The predicted octanol–water partition coefficient (Wildman–Crippen LogP) is 1.63. The van der Waals surface area contributed by atoms with E-state index in [9.17, 15) is 4.79 Å². The summed E-state index contributed by atoms with van der Waals surface area (Å²) in [5, 5.41) is 4.39. The van der Waals surface area contributed by atoms with Crippen LogP contribution >= 0.6 is 0 Å². The number of anilines is 1. The Labute approximate surface area is 199 Å². The third kappa shape index (κ3) is 6.78. The number of nitrogens with two attached hydrogens (primary N) is 3. The van der Waals surface area contributed by atoms with Crippen LogP contribution in [-0.2, 0) is 9.47 Å². The van der Waals surface area contributed by atoms with Gasteiger partial charge in [-0.3, -0.25) is 4.79 Å². The van der Waals surface area contributed by atoms with Crippen molar-refractivity contribution in [3.8, 4) is 0 Å². The highest BCUT2D eigenvalue weighted by atomic mass is 16.5. The van der Waals surface area contributed by atoms with E-state index in [2.05, 4.69) is 10.3 Å². The van der Waals surface area contributed by atoms with Crippen molar-refractivity contribution in [3.63, 3.8) is 0 Å². The third-order valence-electron chi connectivity index (χ3n) is 5.09. The van der Waals surface area contributed by atoms with Gasteiger partial charge < -0.3 is 35.7 Å². The van der Waals surface area contributed by atoms with Crippen molar-refractivity contribution >= 4 is 22.9 Å². The molecule has 3 aromatic rings. The van der Waals surface area contributed by atoms with Gasteiger partial charge in [-0.25, -0.2) is 10.8 Å². The van der Waals surface area contributed by atoms with E-state index in [1.807, 2.05) is 42.6 Å². The quantitative estimate of drug-likeness (QED) is 0.179. The molecule has 0 fully saturated rings. The molecule has 0 spiro atoms. The molecule has 0 saturated heterocycles. The fraction of sp³-hybridized carbons (Fsp3) is 0.333. The van der Waals surface area contributed by atoms with Gasteiger partial charge in [0.25, 0.3) is 5.91 Å². The number of fused-ring (bicyclic) bond motifs is 1. The molecular weight excluding hydrogens is 434 g/mol. The van der Waals surface area contributed by atoms with Gasteiger partial charge >= 0.3 is 0 Å². The molecule has 182 valence electrons. The SMILES string of the molecule is Cc1cc(C)n2ccc(C(=O)Nc3ccc(/C(N)=C/N(N)CCOCCOCCN)cc3)c2n1. The molecule has 0 radical (unpaired) electrons. The van der Waals surface area contributed by atoms with E-state index in [1.54, 1.807) is 24.4 Å². The van der Waals surface area contributed by atoms with Gasteiger partial charge in [-0.05, 0) is 43.7 Å². The molecule has 0 saturated carbocycles. The van der Waals surface area contributed by atoms with Crippen molar-refractivity contribution < 1.29 is 14.3 Å². The molecule has 2 aromatic heterocycles. The first-order valence-electron chi connectivity index (χ1n) is 11.1. The number of carbonyl (C=O) groups excluding carboxylic acids is 1. The maximum absolute atomic E-state index is 12.8. The molecule has 34 heavy (non-hydrogen) atoms. The minimum atomic E-state index is -0.224. The average molecular weight is 468 g/mol. The van der Waals surface area contributed by atoms with Crippen LogP contribution < -0.4 is 22.6 Å². The van der Waals surface area contributed by atoms with Gasteiger partial charge in [-0.1, -0.05) is 12.1 Å². The minimum absolute atomic E-state index is 0.224. The average Bonchev–Trinajstić information content (AvgIpc) is 3.23. The van der Waals surface area contributed by atoms with Crippen molar-refractivity contribution in [2.75, 3.05) is 44.8 Å². The summed E-state index contributed by atoms with van der Waals surface area (Å²) in [6, 6.07) is 11.0. The van der Waals surface area contributed by atoms with E-state index in [4.69, 9.17) is 26.8 Å². The summed E-state index contributed by atoms with van der Waals surface area (Å²) in [4.78, 5) is 17.3. The molecule has 10 nitrogen and oxygen atoms in total. The van der Waals surface area contributed by atoms with Crippen molar-refractivity contribution in [1.82, 2.24) is 14.4 Å². The van der Waals surface area contributed by atoms with E-state index in [0.29, 0.717) is 62.1 Å². The summed E-state index contributed by atoms with van der Waals surface area (Å²) >= 11 is 0. The number of carbonyl (C=O) groups is 1. The lowest BCUT2D eigenvalue weighted by Crippen LogP contribution is -2.30. The zero-order valence-corrected chi connectivity index (χ0v) is 19.7. The Balaban J connectivity index is 1.54. The monoisotopic (exact) mass is 467 g/mol. The Morgan fingerprint density at radius 2 is 1.82 bits per heavy atom. The molecule has 1 amide bonds. The van der Waals surface area contributed by atoms with E-state index in [1.165, 1.54) is 5.01 Å². The Morgan fingerprint density at radius 3 is 2.53 bits per heavy atom. The van der Waals surface area contributed by atoms with Gasteiger partial charge in [0.15, 0.2) is 0 Å². The van der Waals surface area contributed by atoms with E-state index in [0.717, 1.165) is 17.0 Å². The molecule has 1 aromatic carbocycles. The van der Waals surface area contributed by atoms with Crippen LogP contribution in [0.15, 0.2) is 48.8 Å². The molecule has 0 aliphatic heterocycles. The van der Waals surface area contributed by atoms with Gasteiger partial charge in [0.05, 0.1) is 44.2 Å². The number of rotatable bonds is 12. The van der Waals surface area contributed by atoms with Crippen molar-refractivity contribution in [1.29, 1.82) is 0 Å². The fourth-order valence-electron chi connectivity index (χ4n) is 3.41. The number of amides is 1. The lowest BCUT2D eigenvalue weighted by atomic mass is 10.1. The predicted molar refractivity (Wildman–Crippen MR) is 133 cm³/mol. The summed E-state index contributed by atoms with van der Waals surface area (Å²) < 4.78 is 12.6. The second-order valence-electron chi connectivity index (χ2n) is 7.83. The van der Waals surface area contributed by atoms with Crippen LogP contribution in [0.5, 0.6) is 0 Å². The molecule has 7 N–H and O–H groups in total. The molecule has 0 atom stereocenters. The molecule has 0 unspecified atom stereocenters. The van der Waals surface area contributed by atoms with Crippen molar-refractivity contribution in [2.24, 2.45) is 17.3 Å². The molecule has 2 heterocycles. The lowest BCUT2D eigenvalue weighted by Gasteiger charge is -2.15. The summed E-state index contributed by atoms with van der Waals surface area (Å²) in [5.41, 5.74) is 16.5. The molecule has 0 aliphatic rings. The van der Waals surface area contributed by atoms with Crippen LogP contribution in [-0.4, -0.2) is 59.8 Å². The number of aromatic nitrogens is 2. The fourth-order valence-corrected chi connectivity index (χ4v) is 3.41. The normalized spacial score (nSPS) is 11.7. The standard InChI is InChI=1S/C24H33N7O3/c1-17-15-18(2)31-9-7-21(23(31)28-17)24(32)29-20-5-3-19(4-6-20)22(26)16-30(27)10-12-34-14-13-33-11-8-25/h3-7,9,15-16H,8,10-14,25-27H2,1-2H3,(H,29,32)/b22-16-. The van der Waals surface area contributed by atoms with Crippen LogP contribution in [0, 0.1) is 13.8 Å². The Hall–Kier alpha value is -3.44. The summed E-state index contributed by atoms with van der Waals surface area (Å²) in [6.45, 7) is 6.81. The number of hydrazine groups is 1. The Kier molecular flexibility index (Phi) is 9.00. The highest BCUT2D eigenvalue weighted by molar-refractivity contribution is 6.08. The highest BCUT2D eigenvalue weighted by Crippen LogP contribution is 2.18. The molecule has 10 heteroatoms. The smallest absolute Gasteiger partial charge is 0.259 e. The number of nitrogens with zero attached hydrogens (tertiary/aromatic N) is 3. The second kappa shape index (κ2) is 12.1. The Morgan fingerprint density at radius 1 is 1.12 bits per heavy atom. The number of benzene rings is 1. The highest BCUT2D eigenvalue weighted by Gasteiger charge is 2.14.